The van der Waals surface area contributed by atoms with E-state index in [4.69, 9.17) is 11.1 Å². The highest BCUT2D eigenvalue weighted by atomic mass is 19.3. The molecule has 0 spiro atoms. The average molecular weight is 391 g/mol. The highest BCUT2D eigenvalue weighted by Gasteiger charge is 2.09. The van der Waals surface area contributed by atoms with Crippen LogP contribution in [0.2, 0.25) is 0 Å². The number of nitrogens with one attached hydrogen (secondary N) is 1. The number of benzene rings is 1. The first kappa shape index (κ1) is 20.9. The van der Waals surface area contributed by atoms with Gasteiger partial charge in [-0.15, -0.1) is 0 Å². The Balaban J connectivity index is 2.30. The van der Waals surface area contributed by atoms with Crippen LogP contribution in [0.3, 0.4) is 0 Å². The maximum absolute atomic E-state index is 14.0. The Labute approximate surface area is 160 Å². The molecule has 0 aliphatic heterocycles. The van der Waals surface area contributed by atoms with Crippen molar-refractivity contribution in [1.82, 2.24) is 4.98 Å². The van der Waals surface area contributed by atoms with E-state index in [1.54, 1.807) is 0 Å². The standard InChI is InChI=1S/C19H20F3N5O/c1-3-27(2)17-9-8-15(20)18(26-17)25-16(24)10-13(11-23)12-4-6-14(7-5-12)28-19(21)22/h4-11,19,23H,3H2,1-2H3,(H2,24,25,26)/b13-10+,23-11?. The number of hydrogen-bond acceptors (Lipinski definition) is 5. The molecule has 0 atom stereocenters. The van der Waals surface area contributed by atoms with Crippen molar-refractivity contribution < 1.29 is 17.9 Å². The summed E-state index contributed by atoms with van der Waals surface area (Å²) in [6.07, 6.45) is 2.39. The summed E-state index contributed by atoms with van der Waals surface area (Å²) in [5.74, 6) is -0.325. The molecular formula is C19H20F3N5O. The van der Waals surface area contributed by atoms with E-state index in [2.05, 4.69) is 14.7 Å². The number of halogens is 3. The van der Waals surface area contributed by atoms with Gasteiger partial charge in [-0.2, -0.15) is 8.78 Å². The van der Waals surface area contributed by atoms with E-state index in [-0.39, 0.29) is 17.4 Å². The fraction of sp³-hybridized carbons (Fsp3) is 0.211. The number of nitrogens with zero attached hydrogens (tertiary/aromatic N) is 3. The molecule has 0 fully saturated rings. The monoisotopic (exact) mass is 391 g/mol. The van der Waals surface area contributed by atoms with Crippen molar-refractivity contribution in [3.63, 3.8) is 0 Å². The second-order valence-corrected chi connectivity index (χ2v) is 5.67. The Hall–Kier alpha value is -3.36. The summed E-state index contributed by atoms with van der Waals surface area (Å²) < 4.78 is 42.7. The molecule has 0 aliphatic rings. The summed E-state index contributed by atoms with van der Waals surface area (Å²) in [7, 11) is 1.81. The van der Waals surface area contributed by atoms with Crippen LogP contribution in [0.1, 0.15) is 12.5 Å². The lowest BCUT2D eigenvalue weighted by Gasteiger charge is -2.15. The summed E-state index contributed by atoms with van der Waals surface area (Å²) >= 11 is 0. The van der Waals surface area contributed by atoms with Gasteiger partial charge in [0, 0.05) is 25.4 Å². The number of aromatic nitrogens is 1. The lowest BCUT2D eigenvalue weighted by Crippen LogP contribution is -2.17. The molecular weight excluding hydrogens is 371 g/mol. The van der Waals surface area contributed by atoms with Crippen LogP contribution >= 0.6 is 0 Å². The predicted molar refractivity (Wildman–Crippen MR) is 104 cm³/mol. The van der Waals surface area contributed by atoms with E-state index < -0.39 is 12.4 Å². The summed E-state index contributed by atoms with van der Waals surface area (Å²) in [6, 6.07) is 8.48. The van der Waals surface area contributed by atoms with Crippen molar-refractivity contribution in [1.29, 1.82) is 5.41 Å². The van der Waals surface area contributed by atoms with Crippen molar-refractivity contribution in [3.8, 4) is 5.75 Å². The van der Waals surface area contributed by atoms with Gasteiger partial charge in [-0.3, -0.25) is 0 Å². The van der Waals surface area contributed by atoms with E-state index in [0.29, 0.717) is 23.5 Å². The molecule has 0 bridgehead atoms. The summed E-state index contributed by atoms with van der Waals surface area (Å²) in [6.45, 7) is -0.310. The molecule has 0 aliphatic carbocycles. The molecule has 1 aromatic carbocycles. The van der Waals surface area contributed by atoms with E-state index in [1.165, 1.54) is 42.5 Å². The third kappa shape index (κ3) is 5.57. The maximum Gasteiger partial charge on any atom is 0.387 e. The second kappa shape index (κ2) is 9.54. The van der Waals surface area contributed by atoms with Gasteiger partial charge in [0.1, 0.15) is 17.4 Å². The Kier molecular flexibility index (Phi) is 7.14. The van der Waals surface area contributed by atoms with Crippen LogP contribution in [-0.4, -0.2) is 37.2 Å². The van der Waals surface area contributed by atoms with E-state index in [1.807, 2.05) is 18.9 Å². The third-order valence-corrected chi connectivity index (χ3v) is 3.78. The number of nitrogens with two attached hydrogens (primary N) is 1. The molecule has 3 N–H and O–H groups in total. The third-order valence-electron chi connectivity index (χ3n) is 3.78. The van der Waals surface area contributed by atoms with Gasteiger partial charge in [0.2, 0.25) is 0 Å². The first-order valence-electron chi connectivity index (χ1n) is 8.33. The lowest BCUT2D eigenvalue weighted by molar-refractivity contribution is -0.0498. The molecule has 0 radical (unpaired) electrons. The smallest absolute Gasteiger partial charge is 0.387 e. The molecule has 9 heteroatoms. The van der Waals surface area contributed by atoms with Crippen LogP contribution in [0.4, 0.5) is 24.8 Å². The molecule has 1 aromatic heterocycles. The molecule has 0 saturated heterocycles. The average Bonchev–Trinajstić information content (AvgIpc) is 2.67. The quantitative estimate of drug-likeness (QED) is 0.526. The highest BCUT2D eigenvalue weighted by molar-refractivity contribution is 6.15. The fourth-order valence-corrected chi connectivity index (χ4v) is 2.23. The number of hydrogen-bond donors (Lipinski definition) is 2. The topological polar surface area (TPSA) is 87.6 Å². The minimum absolute atomic E-state index is 0.00662. The summed E-state index contributed by atoms with van der Waals surface area (Å²) in [5.41, 5.74) is 6.75. The van der Waals surface area contributed by atoms with Crippen LogP contribution in [0, 0.1) is 11.2 Å². The summed E-state index contributed by atoms with van der Waals surface area (Å²) in [4.78, 5) is 9.94. The zero-order valence-electron chi connectivity index (χ0n) is 15.4. The van der Waals surface area contributed by atoms with Gasteiger partial charge in [-0.05, 0) is 42.8 Å². The zero-order valence-corrected chi connectivity index (χ0v) is 15.4. The fourth-order valence-electron chi connectivity index (χ4n) is 2.23. The predicted octanol–water partition coefficient (Wildman–Crippen LogP) is 4.00. The van der Waals surface area contributed by atoms with Gasteiger partial charge in [0.15, 0.2) is 11.6 Å². The normalized spacial score (nSPS) is 12.2. The van der Waals surface area contributed by atoms with Gasteiger partial charge in [-0.1, -0.05) is 12.1 Å². The van der Waals surface area contributed by atoms with Crippen molar-refractivity contribution in [2.24, 2.45) is 10.7 Å². The van der Waals surface area contributed by atoms with E-state index in [0.717, 1.165) is 6.21 Å². The molecule has 2 aromatic rings. The van der Waals surface area contributed by atoms with Gasteiger partial charge in [-0.25, -0.2) is 14.4 Å². The molecule has 2 rings (SSSR count). The molecule has 1 heterocycles. The number of allylic oxidation sites excluding steroid dienone is 1. The Morgan fingerprint density at radius 1 is 1.29 bits per heavy atom. The maximum atomic E-state index is 14.0. The van der Waals surface area contributed by atoms with Crippen LogP contribution in [-0.2, 0) is 0 Å². The van der Waals surface area contributed by atoms with Crippen LogP contribution < -0.4 is 15.4 Å². The van der Waals surface area contributed by atoms with Gasteiger partial charge in [0.05, 0.1) is 0 Å². The SMILES string of the molecule is CCN(C)c1ccc(F)c(/N=C(N)/C=C(\C=N)c2ccc(OC(F)F)cc2)n1. The van der Waals surface area contributed by atoms with Crippen molar-refractivity contribution >= 4 is 29.3 Å². The minimum Gasteiger partial charge on any atom is -0.435 e. The van der Waals surface area contributed by atoms with Crippen molar-refractivity contribution in [2.75, 3.05) is 18.5 Å². The van der Waals surface area contributed by atoms with Gasteiger partial charge in [0.25, 0.3) is 0 Å². The Morgan fingerprint density at radius 2 is 1.96 bits per heavy atom. The Morgan fingerprint density at radius 3 is 2.54 bits per heavy atom. The van der Waals surface area contributed by atoms with Crippen molar-refractivity contribution in [2.45, 2.75) is 13.5 Å². The molecule has 0 unspecified atom stereocenters. The number of pyridine rings is 1. The summed E-state index contributed by atoms with van der Waals surface area (Å²) in [5, 5.41) is 7.54. The van der Waals surface area contributed by atoms with Crippen molar-refractivity contribution in [3.05, 3.63) is 53.9 Å². The van der Waals surface area contributed by atoms with Crippen LogP contribution in [0.15, 0.2) is 47.5 Å². The van der Waals surface area contributed by atoms with Gasteiger partial charge >= 0.3 is 6.61 Å². The largest absolute Gasteiger partial charge is 0.435 e. The number of ether oxygens (including phenoxy) is 1. The minimum atomic E-state index is -2.92. The number of alkyl halides is 2. The van der Waals surface area contributed by atoms with E-state index >= 15 is 0 Å². The number of aliphatic imine (C=N–C) groups is 1. The number of amidine groups is 1. The van der Waals surface area contributed by atoms with E-state index in [9.17, 15) is 13.2 Å². The Bertz CT molecular complexity index is 882. The number of rotatable bonds is 8. The number of anilines is 1. The molecule has 28 heavy (non-hydrogen) atoms. The lowest BCUT2D eigenvalue weighted by atomic mass is 10.1. The molecule has 148 valence electrons. The zero-order chi connectivity index (χ0) is 20.7. The highest BCUT2D eigenvalue weighted by Crippen LogP contribution is 2.21. The van der Waals surface area contributed by atoms with Crippen LogP contribution in [0.5, 0.6) is 5.75 Å². The van der Waals surface area contributed by atoms with Gasteiger partial charge < -0.3 is 20.8 Å². The first-order valence-corrected chi connectivity index (χ1v) is 8.33. The van der Waals surface area contributed by atoms with Crippen LogP contribution in [0.25, 0.3) is 5.57 Å². The molecule has 0 amide bonds. The first-order chi connectivity index (χ1) is 13.3. The second-order valence-electron chi connectivity index (χ2n) is 5.67. The molecule has 0 saturated carbocycles. The molecule has 6 nitrogen and oxygen atoms in total.